The van der Waals surface area contributed by atoms with E-state index in [-0.39, 0.29) is 11.7 Å². The standard InChI is InChI=1S/C15H12FN3O2S/c1-21-11-6-7-12-13(8-11)22-15(17-12)19-18-14(20)9-2-4-10(16)5-3-9/h2-8H,1H3,(H,17,19)(H,18,20). The summed E-state index contributed by atoms with van der Waals surface area (Å²) in [5.74, 6) is -0.000450. The molecule has 0 unspecified atom stereocenters. The first kappa shape index (κ1) is 14.3. The van der Waals surface area contributed by atoms with Gasteiger partial charge in [0.25, 0.3) is 5.91 Å². The summed E-state index contributed by atoms with van der Waals surface area (Å²) in [5, 5.41) is 0.554. The molecule has 0 fully saturated rings. The summed E-state index contributed by atoms with van der Waals surface area (Å²) in [7, 11) is 1.60. The highest BCUT2D eigenvalue weighted by molar-refractivity contribution is 7.22. The second-order valence-electron chi connectivity index (χ2n) is 4.44. The summed E-state index contributed by atoms with van der Waals surface area (Å²) in [4.78, 5) is 16.3. The molecule has 3 aromatic rings. The van der Waals surface area contributed by atoms with Crippen molar-refractivity contribution >= 4 is 32.6 Å². The van der Waals surface area contributed by atoms with Gasteiger partial charge in [-0.3, -0.25) is 15.6 Å². The van der Waals surface area contributed by atoms with Gasteiger partial charge in [-0.2, -0.15) is 0 Å². The van der Waals surface area contributed by atoms with Gasteiger partial charge >= 0.3 is 0 Å². The Labute approximate surface area is 129 Å². The number of fused-ring (bicyclic) bond motifs is 1. The van der Waals surface area contributed by atoms with Crippen LogP contribution in [0, 0.1) is 5.82 Å². The van der Waals surface area contributed by atoms with Crippen molar-refractivity contribution in [2.75, 3.05) is 12.5 Å². The van der Waals surface area contributed by atoms with E-state index in [2.05, 4.69) is 15.8 Å². The SMILES string of the molecule is COc1ccc2nc(NNC(=O)c3ccc(F)cc3)sc2c1. The molecule has 0 aliphatic rings. The number of hydrogen-bond acceptors (Lipinski definition) is 5. The maximum absolute atomic E-state index is 12.8. The minimum Gasteiger partial charge on any atom is -0.497 e. The molecule has 0 saturated carbocycles. The number of carbonyl (C=O) groups is 1. The summed E-state index contributed by atoms with van der Waals surface area (Å²) >= 11 is 1.39. The lowest BCUT2D eigenvalue weighted by Crippen LogP contribution is -2.29. The Kier molecular flexibility index (Phi) is 3.88. The van der Waals surface area contributed by atoms with Crippen LogP contribution in [-0.2, 0) is 0 Å². The van der Waals surface area contributed by atoms with Gasteiger partial charge in [0.15, 0.2) is 0 Å². The topological polar surface area (TPSA) is 63.2 Å². The van der Waals surface area contributed by atoms with Crippen molar-refractivity contribution in [1.82, 2.24) is 10.4 Å². The third-order valence-corrected chi connectivity index (χ3v) is 3.92. The number of methoxy groups -OCH3 is 1. The second-order valence-corrected chi connectivity index (χ2v) is 5.47. The van der Waals surface area contributed by atoms with Crippen LogP contribution in [0.2, 0.25) is 0 Å². The molecule has 22 heavy (non-hydrogen) atoms. The van der Waals surface area contributed by atoms with Crippen molar-refractivity contribution in [1.29, 1.82) is 0 Å². The molecule has 1 amide bonds. The van der Waals surface area contributed by atoms with Crippen LogP contribution in [0.25, 0.3) is 10.2 Å². The monoisotopic (exact) mass is 317 g/mol. The van der Waals surface area contributed by atoms with Gasteiger partial charge in [-0.05, 0) is 42.5 Å². The van der Waals surface area contributed by atoms with E-state index >= 15 is 0 Å². The fraction of sp³-hybridized carbons (Fsp3) is 0.0667. The van der Waals surface area contributed by atoms with E-state index in [1.165, 1.54) is 35.6 Å². The molecule has 3 rings (SSSR count). The number of rotatable bonds is 4. The number of anilines is 1. The average molecular weight is 317 g/mol. The van der Waals surface area contributed by atoms with Gasteiger partial charge in [0.1, 0.15) is 11.6 Å². The Morgan fingerprint density at radius 3 is 2.73 bits per heavy atom. The fourth-order valence-corrected chi connectivity index (χ4v) is 2.72. The van der Waals surface area contributed by atoms with E-state index < -0.39 is 0 Å². The molecule has 1 aromatic heterocycles. The molecule has 2 aromatic carbocycles. The van der Waals surface area contributed by atoms with Crippen LogP contribution in [-0.4, -0.2) is 18.0 Å². The summed E-state index contributed by atoms with van der Waals surface area (Å²) in [6.07, 6.45) is 0. The van der Waals surface area contributed by atoms with Gasteiger partial charge in [0.05, 0.1) is 17.3 Å². The molecule has 5 nitrogen and oxygen atoms in total. The molecule has 0 spiro atoms. The molecule has 7 heteroatoms. The number of carbonyl (C=O) groups excluding carboxylic acids is 1. The summed E-state index contributed by atoms with van der Waals surface area (Å²) in [6, 6.07) is 10.8. The number of nitrogens with zero attached hydrogens (tertiary/aromatic N) is 1. The summed E-state index contributed by atoms with van der Waals surface area (Å²) in [6.45, 7) is 0. The number of hydrogen-bond donors (Lipinski definition) is 2. The van der Waals surface area contributed by atoms with Crippen LogP contribution in [0.3, 0.4) is 0 Å². The molecule has 2 N–H and O–H groups in total. The molecule has 112 valence electrons. The van der Waals surface area contributed by atoms with E-state index in [0.29, 0.717) is 10.7 Å². The normalized spacial score (nSPS) is 10.5. The quantitative estimate of drug-likeness (QED) is 0.725. The number of amides is 1. The number of nitrogens with one attached hydrogen (secondary N) is 2. The molecule has 0 radical (unpaired) electrons. The highest BCUT2D eigenvalue weighted by atomic mass is 32.1. The molecule has 0 atom stereocenters. The number of aromatic nitrogens is 1. The van der Waals surface area contributed by atoms with E-state index in [9.17, 15) is 9.18 Å². The Balaban J connectivity index is 1.70. The van der Waals surface area contributed by atoms with Gasteiger partial charge in [-0.25, -0.2) is 9.37 Å². The van der Waals surface area contributed by atoms with Gasteiger partial charge in [0.2, 0.25) is 5.13 Å². The number of hydrazine groups is 1. The first-order valence-corrected chi connectivity index (χ1v) is 7.24. The zero-order chi connectivity index (χ0) is 15.5. The van der Waals surface area contributed by atoms with Crippen LogP contribution < -0.4 is 15.6 Å². The molecular formula is C15H12FN3O2S. The van der Waals surface area contributed by atoms with Crippen molar-refractivity contribution in [2.45, 2.75) is 0 Å². The molecule has 0 saturated heterocycles. The Bertz CT molecular complexity index is 817. The lowest BCUT2D eigenvalue weighted by molar-refractivity contribution is 0.0962. The number of ether oxygens (including phenoxy) is 1. The zero-order valence-electron chi connectivity index (χ0n) is 11.6. The predicted octanol–water partition coefficient (Wildman–Crippen LogP) is 3.20. The second kappa shape index (κ2) is 5.98. The Morgan fingerprint density at radius 2 is 2.00 bits per heavy atom. The van der Waals surface area contributed by atoms with E-state index in [4.69, 9.17) is 4.74 Å². The van der Waals surface area contributed by atoms with E-state index in [0.717, 1.165) is 16.0 Å². The molecular weight excluding hydrogens is 305 g/mol. The van der Waals surface area contributed by atoms with Crippen LogP contribution in [0.1, 0.15) is 10.4 Å². The first-order valence-electron chi connectivity index (χ1n) is 6.42. The minimum absolute atomic E-state index is 0.358. The van der Waals surface area contributed by atoms with E-state index in [1.807, 2.05) is 18.2 Å². The highest BCUT2D eigenvalue weighted by Gasteiger charge is 2.08. The van der Waals surface area contributed by atoms with Gasteiger partial charge in [-0.15, -0.1) is 0 Å². The van der Waals surface area contributed by atoms with Crippen molar-refractivity contribution in [3.05, 3.63) is 53.8 Å². The Hall–Kier alpha value is -2.67. The average Bonchev–Trinajstić information content (AvgIpc) is 2.95. The molecule has 0 aliphatic heterocycles. The van der Waals surface area contributed by atoms with Gasteiger partial charge < -0.3 is 4.74 Å². The summed E-state index contributed by atoms with van der Waals surface area (Å²) in [5.41, 5.74) is 6.45. The van der Waals surface area contributed by atoms with E-state index in [1.54, 1.807) is 7.11 Å². The Morgan fingerprint density at radius 1 is 1.23 bits per heavy atom. The predicted molar refractivity (Wildman–Crippen MR) is 83.7 cm³/mol. The van der Waals surface area contributed by atoms with Crippen LogP contribution in [0.4, 0.5) is 9.52 Å². The number of halogens is 1. The lowest BCUT2D eigenvalue weighted by atomic mass is 10.2. The third kappa shape index (κ3) is 2.99. The van der Waals surface area contributed by atoms with Gasteiger partial charge in [-0.1, -0.05) is 11.3 Å². The first-order chi connectivity index (χ1) is 10.7. The largest absolute Gasteiger partial charge is 0.497 e. The summed E-state index contributed by atoms with van der Waals surface area (Å²) < 4.78 is 18.9. The van der Waals surface area contributed by atoms with Gasteiger partial charge in [0, 0.05) is 5.56 Å². The lowest BCUT2D eigenvalue weighted by Gasteiger charge is -2.05. The molecule has 1 heterocycles. The highest BCUT2D eigenvalue weighted by Crippen LogP contribution is 2.28. The fourth-order valence-electron chi connectivity index (χ4n) is 1.87. The third-order valence-electron chi connectivity index (χ3n) is 2.98. The van der Waals surface area contributed by atoms with Crippen molar-refractivity contribution in [2.24, 2.45) is 0 Å². The number of benzene rings is 2. The van der Waals surface area contributed by atoms with Crippen molar-refractivity contribution in [3.8, 4) is 5.75 Å². The van der Waals surface area contributed by atoms with Crippen molar-refractivity contribution < 1.29 is 13.9 Å². The zero-order valence-corrected chi connectivity index (χ0v) is 12.4. The maximum atomic E-state index is 12.8. The van der Waals surface area contributed by atoms with Crippen LogP contribution in [0.15, 0.2) is 42.5 Å². The smallest absolute Gasteiger partial charge is 0.269 e. The number of thiazole rings is 1. The maximum Gasteiger partial charge on any atom is 0.269 e. The van der Waals surface area contributed by atoms with Crippen LogP contribution in [0.5, 0.6) is 5.75 Å². The van der Waals surface area contributed by atoms with Crippen LogP contribution >= 0.6 is 11.3 Å². The molecule has 0 bridgehead atoms. The minimum atomic E-state index is -0.385. The van der Waals surface area contributed by atoms with Crippen molar-refractivity contribution in [3.63, 3.8) is 0 Å². The molecule has 0 aliphatic carbocycles.